The normalized spacial score (nSPS) is 15.0. The van der Waals surface area contributed by atoms with Crippen LogP contribution in [0.5, 0.6) is 0 Å². The Kier molecular flexibility index (Phi) is 5.44. The van der Waals surface area contributed by atoms with E-state index in [4.69, 9.17) is 11.6 Å². The van der Waals surface area contributed by atoms with Crippen LogP contribution in [0.15, 0.2) is 24.3 Å². The molecule has 21 heavy (non-hydrogen) atoms. The Morgan fingerprint density at radius 1 is 1.24 bits per heavy atom. The van der Waals surface area contributed by atoms with Crippen molar-refractivity contribution >= 4 is 29.1 Å². The molecule has 1 aliphatic heterocycles. The van der Waals surface area contributed by atoms with Crippen LogP contribution in [0.2, 0.25) is 5.02 Å². The van der Waals surface area contributed by atoms with Gasteiger partial charge in [-0.3, -0.25) is 4.79 Å². The summed E-state index contributed by atoms with van der Waals surface area (Å²) in [4.78, 5) is 26.8. The van der Waals surface area contributed by atoms with Crippen molar-refractivity contribution in [3.8, 4) is 0 Å². The van der Waals surface area contributed by atoms with Gasteiger partial charge in [-0.05, 0) is 25.1 Å². The summed E-state index contributed by atoms with van der Waals surface area (Å²) in [5, 5.41) is 3.49. The van der Waals surface area contributed by atoms with Gasteiger partial charge in [-0.15, -0.1) is 0 Å². The molecular formula is C15H20ClN3O2. The van der Waals surface area contributed by atoms with Crippen molar-refractivity contribution < 1.29 is 9.59 Å². The zero-order valence-electron chi connectivity index (χ0n) is 12.1. The minimum atomic E-state index is -0.0954. The Morgan fingerprint density at radius 2 is 1.95 bits per heavy atom. The van der Waals surface area contributed by atoms with Gasteiger partial charge in [0.15, 0.2) is 0 Å². The van der Waals surface area contributed by atoms with Crippen molar-refractivity contribution in [2.45, 2.75) is 13.3 Å². The lowest BCUT2D eigenvalue weighted by Gasteiger charge is -2.36. The third-order valence-corrected chi connectivity index (χ3v) is 3.73. The molecule has 0 spiro atoms. The Labute approximate surface area is 129 Å². The summed E-state index contributed by atoms with van der Waals surface area (Å²) >= 11 is 6.00. The van der Waals surface area contributed by atoms with E-state index in [9.17, 15) is 9.59 Å². The molecule has 0 radical (unpaired) electrons. The topological polar surface area (TPSA) is 52.7 Å². The lowest BCUT2D eigenvalue weighted by Crippen LogP contribution is -2.52. The minimum Gasteiger partial charge on any atom is -0.368 e. The highest BCUT2D eigenvalue weighted by molar-refractivity contribution is 6.30. The van der Waals surface area contributed by atoms with Crippen molar-refractivity contribution in [3.63, 3.8) is 0 Å². The average molecular weight is 310 g/mol. The monoisotopic (exact) mass is 309 g/mol. The van der Waals surface area contributed by atoms with Crippen LogP contribution in [-0.4, -0.2) is 49.4 Å². The fraction of sp³-hybridized carbons (Fsp3) is 0.467. The van der Waals surface area contributed by atoms with E-state index >= 15 is 0 Å². The van der Waals surface area contributed by atoms with Gasteiger partial charge in [-0.25, -0.2) is 4.79 Å². The SMILES string of the molecule is CC(=O)CCNC(=O)N1CCN(c2cccc(Cl)c2)CC1. The van der Waals surface area contributed by atoms with E-state index in [0.29, 0.717) is 26.1 Å². The van der Waals surface area contributed by atoms with Crippen LogP contribution in [0.25, 0.3) is 0 Å². The van der Waals surface area contributed by atoms with Crippen LogP contribution >= 0.6 is 11.6 Å². The maximum atomic E-state index is 11.9. The van der Waals surface area contributed by atoms with Gasteiger partial charge in [0, 0.05) is 49.9 Å². The van der Waals surface area contributed by atoms with E-state index in [-0.39, 0.29) is 11.8 Å². The zero-order valence-corrected chi connectivity index (χ0v) is 12.9. The van der Waals surface area contributed by atoms with Crippen LogP contribution in [0.4, 0.5) is 10.5 Å². The molecule has 0 bridgehead atoms. The fourth-order valence-electron chi connectivity index (χ4n) is 2.30. The van der Waals surface area contributed by atoms with Gasteiger partial charge in [0.2, 0.25) is 0 Å². The van der Waals surface area contributed by atoms with Gasteiger partial charge in [0.05, 0.1) is 0 Å². The lowest BCUT2D eigenvalue weighted by molar-refractivity contribution is -0.116. The number of amides is 2. The summed E-state index contributed by atoms with van der Waals surface area (Å²) in [6, 6.07) is 7.64. The molecule has 0 saturated carbocycles. The second kappa shape index (κ2) is 7.31. The van der Waals surface area contributed by atoms with E-state index in [1.807, 2.05) is 24.3 Å². The smallest absolute Gasteiger partial charge is 0.317 e. The predicted molar refractivity (Wildman–Crippen MR) is 83.9 cm³/mol. The number of urea groups is 1. The summed E-state index contributed by atoms with van der Waals surface area (Å²) in [5.41, 5.74) is 1.08. The van der Waals surface area contributed by atoms with Crippen molar-refractivity contribution in [2.24, 2.45) is 0 Å². The van der Waals surface area contributed by atoms with Gasteiger partial charge in [-0.2, -0.15) is 0 Å². The Morgan fingerprint density at radius 3 is 2.57 bits per heavy atom. The Bertz CT molecular complexity index is 513. The van der Waals surface area contributed by atoms with E-state index in [1.165, 1.54) is 6.92 Å². The number of benzene rings is 1. The van der Waals surface area contributed by atoms with Crippen molar-refractivity contribution in [1.29, 1.82) is 0 Å². The predicted octanol–water partition coefficient (Wildman–Crippen LogP) is 2.15. The molecule has 1 aromatic rings. The molecule has 0 unspecified atom stereocenters. The van der Waals surface area contributed by atoms with Gasteiger partial charge >= 0.3 is 6.03 Å². The number of nitrogens with zero attached hydrogens (tertiary/aromatic N) is 2. The number of carbonyl (C=O) groups is 2. The number of hydrogen-bond donors (Lipinski definition) is 1. The van der Waals surface area contributed by atoms with Crippen LogP contribution < -0.4 is 10.2 Å². The van der Waals surface area contributed by atoms with E-state index in [2.05, 4.69) is 10.2 Å². The summed E-state index contributed by atoms with van der Waals surface area (Å²) < 4.78 is 0. The maximum absolute atomic E-state index is 11.9. The van der Waals surface area contributed by atoms with Gasteiger partial charge in [-0.1, -0.05) is 17.7 Å². The van der Waals surface area contributed by atoms with Gasteiger partial charge < -0.3 is 15.1 Å². The van der Waals surface area contributed by atoms with Gasteiger partial charge in [0.1, 0.15) is 5.78 Å². The van der Waals surface area contributed by atoms with Crippen LogP contribution in [0, 0.1) is 0 Å². The Hall–Kier alpha value is -1.75. The van der Waals surface area contributed by atoms with E-state index in [0.717, 1.165) is 23.8 Å². The standard InChI is InChI=1S/C15H20ClN3O2/c1-12(20)5-6-17-15(21)19-9-7-18(8-10-19)14-4-2-3-13(16)11-14/h2-4,11H,5-10H2,1H3,(H,17,21). The van der Waals surface area contributed by atoms with E-state index < -0.39 is 0 Å². The highest BCUT2D eigenvalue weighted by atomic mass is 35.5. The number of ketones is 1. The largest absolute Gasteiger partial charge is 0.368 e. The summed E-state index contributed by atoms with van der Waals surface area (Å²) in [6.07, 6.45) is 0.383. The number of hydrogen-bond acceptors (Lipinski definition) is 3. The molecule has 6 heteroatoms. The average Bonchev–Trinajstić information content (AvgIpc) is 2.47. The van der Waals surface area contributed by atoms with Crippen LogP contribution in [0.3, 0.4) is 0 Å². The maximum Gasteiger partial charge on any atom is 0.317 e. The molecule has 1 aromatic carbocycles. The third kappa shape index (κ3) is 4.63. The summed E-state index contributed by atoms with van der Waals surface area (Å²) in [7, 11) is 0. The number of nitrogens with one attached hydrogen (secondary N) is 1. The molecule has 1 heterocycles. The molecule has 0 aromatic heterocycles. The minimum absolute atomic E-state index is 0.0843. The first kappa shape index (κ1) is 15.6. The number of carbonyl (C=O) groups excluding carboxylic acids is 2. The van der Waals surface area contributed by atoms with Crippen molar-refractivity contribution in [1.82, 2.24) is 10.2 Å². The molecule has 1 saturated heterocycles. The van der Waals surface area contributed by atoms with E-state index in [1.54, 1.807) is 4.90 Å². The molecule has 5 nitrogen and oxygen atoms in total. The summed E-state index contributed by atoms with van der Waals surface area (Å²) in [5.74, 6) is 0.0843. The molecule has 0 aliphatic carbocycles. The van der Waals surface area contributed by atoms with Crippen molar-refractivity contribution in [2.75, 3.05) is 37.6 Å². The number of anilines is 1. The first-order valence-electron chi connectivity index (χ1n) is 7.09. The molecule has 0 atom stereocenters. The molecule has 1 aliphatic rings. The third-order valence-electron chi connectivity index (χ3n) is 3.49. The number of Topliss-reactive ketones (excluding diaryl/α,β-unsaturated/α-hetero) is 1. The second-order valence-corrected chi connectivity index (χ2v) is 5.57. The first-order valence-corrected chi connectivity index (χ1v) is 7.47. The van der Waals surface area contributed by atoms with Crippen LogP contribution in [0.1, 0.15) is 13.3 Å². The molecular weight excluding hydrogens is 290 g/mol. The van der Waals surface area contributed by atoms with Crippen molar-refractivity contribution in [3.05, 3.63) is 29.3 Å². The van der Waals surface area contributed by atoms with Crippen LogP contribution in [-0.2, 0) is 4.79 Å². The fourth-order valence-corrected chi connectivity index (χ4v) is 2.48. The molecule has 1 fully saturated rings. The molecule has 1 N–H and O–H groups in total. The summed E-state index contributed by atoms with van der Waals surface area (Å²) in [6.45, 7) is 4.82. The molecule has 114 valence electrons. The number of halogens is 1. The molecule has 2 rings (SSSR count). The quantitative estimate of drug-likeness (QED) is 0.927. The highest BCUT2D eigenvalue weighted by Gasteiger charge is 2.21. The molecule has 2 amide bonds. The second-order valence-electron chi connectivity index (χ2n) is 5.14. The van der Waals surface area contributed by atoms with Gasteiger partial charge in [0.25, 0.3) is 0 Å². The zero-order chi connectivity index (χ0) is 15.2. The first-order chi connectivity index (χ1) is 10.1. The Balaban J connectivity index is 1.80. The number of piperazine rings is 1. The number of rotatable bonds is 4. The highest BCUT2D eigenvalue weighted by Crippen LogP contribution is 2.20. The lowest BCUT2D eigenvalue weighted by atomic mass is 10.2.